The maximum Gasteiger partial charge on any atom is 0.573 e. The van der Waals surface area contributed by atoms with Crippen molar-refractivity contribution in [2.75, 3.05) is 6.61 Å². The zero-order chi connectivity index (χ0) is 13.8. The number of benzene rings is 1. The van der Waals surface area contributed by atoms with E-state index in [1.54, 1.807) is 6.92 Å². The van der Waals surface area contributed by atoms with Crippen LogP contribution >= 0.6 is 11.6 Å². The molecule has 0 fully saturated rings. The van der Waals surface area contributed by atoms with Crippen molar-refractivity contribution in [3.63, 3.8) is 0 Å². The molecule has 0 amide bonds. The van der Waals surface area contributed by atoms with Crippen molar-refractivity contribution in [2.24, 2.45) is 0 Å². The van der Waals surface area contributed by atoms with Crippen LogP contribution in [0.2, 0.25) is 5.02 Å². The van der Waals surface area contributed by atoms with Gasteiger partial charge in [0.15, 0.2) is 0 Å². The van der Waals surface area contributed by atoms with E-state index in [2.05, 4.69) is 9.47 Å². The second kappa shape index (κ2) is 5.95. The molecular weight excluding hydrogens is 273 g/mol. The molecular formula is C11H10ClF3O3. The predicted molar refractivity (Wildman–Crippen MR) is 58.5 cm³/mol. The average molecular weight is 283 g/mol. The number of ether oxygens (including phenoxy) is 2. The smallest absolute Gasteiger partial charge is 0.466 e. The first-order valence-corrected chi connectivity index (χ1v) is 5.39. The van der Waals surface area contributed by atoms with E-state index in [0.29, 0.717) is 5.56 Å². The first-order valence-electron chi connectivity index (χ1n) is 5.01. The molecule has 18 heavy (non-hydrogen) atoms. The minimum Gasteiger partial charge on any atom is -0.466 e. The second-order valence-electron chi connectivity index (χ2n) is 3.29. The van der Waals surface area contributed by atoms with Crippen molar-refractivity contribution in [3.05, 3.63) is 28.8 Å². The zero-order valence-electron chi connectivity index (χ0n) is 9.38. The molecule has 0 atom stereocenters. The average Bonchev–Trinajstić information content (AvgIpc) is 2.21. The summed E-state index contributed by atoms with van der Waals surface area (Å²) in [6, 6.07) is 3.73. The molecule has 0 saturated carbocycles. The SMILES string of the molecule is CCOC(=O)Cc1ccc(Cl)c(OC(F)(F)F)c1. The second-order valence-corrected chi connectivity index (χ2v) is 3.70. The minimum atomic E-state index is -4.83. The minimum absolute atomic E-state index is 0.140. The monoisotopic (exact) mass is 282 g/mol. The van der Waals surface area contributed by atoms with Gasteiger partial charge in [0.05, 0.1) is 18.1 Å². The van der Waals surface area contributed by atoms with Crippen LogP contribution < -0.4 is 4.74 Å². The van der Waals surface area contributed by atoms with Gasteiger partial charge in [-0.3, -0.25) is 4.79 Å². The Morgan fingerprint density at radius 2 is 2.06 bits per heavy atom. The van der Waals surface area contributed by atoms with E-state index in [9.17, 15) is 18.0 Å². The van der Waals surface area contributed by atoms with Crippen molar-refractivity contribution in [1.82, 2.24) is 0 Å². The molecule has 1 aromatic rings. The molecule has 0 aromatic heterocycles. The van der Waals surface area contributed by atoms with Crippen LogP contribution in [0.15, 0.2) is 18.2 Å². The maximum atomic E-state index is 12.1. The summed E-state index contributed by atoms with van der Waals surface area (Å²) in [5.41, 5.74) is 0.331. The summed E-state index contributed by atoms with van der Waals surface area (Å²) >= 11 is 5.56. The van der Waals surface area contributed by atoms with Gasteiger partial charge in [-0.05, 0) is 24.6 Å². The van der Waals surface area contributed by atoms with E-state index in [1.807, 2.05) is 0 Å². The lowest BCUT2D eigenvalue weighted by atomic mass is 10.1. The van der Waals surface area contributed by atoms with Gasteiger partial charge in [-0.25, -0.2) is 0 Å². The number of carbonyl (C=O) groups excluding carboxylic acids is 1. The summed E-state index contributed by atoms with van der Waals surface area (Å²) in [6.45, 7) is 1.84. The van der Waals surface area contributed by atoms with E-state index < -0.39 is 18.1 Å². The molecule has 0 spiro atoms. The molecule has 100 valence electrons. The number of hydrogen-bond donors (Lipinski definition) is 0. The molecule has 0 aliphatic heterocycles. The standard InChI is InChI=1S/C11H10ClF3O3/c1-2-17-10(16)6-7-3-4-8(12)9(5-7)18-11(13,14)15/h3-5H,2,6H2,1H3. The van der Waals surface area contributed by atoms with E-state index >= 15 is 0 Å². The molecule has 0 aliphatic rings. The van der Waals surface area contributed by atoms with Crippen LogP contribution in [0.4, 0.5) is 13.2 Å². The highest BCUT2D eigenvalue weighted by Gasteiger charge is 2.32. The number of rotatable bonds is 4. The molecule has 0 aliphatic carbocycles. The van der Waals surface area contributed by atoms with Crippen LogP contribution in [0.1, 0.15) is 12.5 Å². The number of esters is 1. The molecule has 0 heterocycles. The Morgan fingerprint density at radius 1 is 1.39 bits per heavy atom. The Labute approximate surface area is 106 Å². The summed E-state index contributed by atoms with van der Waals surface area (Å²) < 4.78 is 44.6. The molecule has 0 N–H and O–H groups in total. The number of carbonyl (C=O) groups is 1. The van der Waals surface area contributed by atoms with Gasteiger partial charge in [0.1, 0.15) is 5.75 Å². The summed E-state index contributed by atoms with van der Waals surface area (Å²) in [4.78, 5) is 11.2. The number of halogens is 4. The highest BCUT2D eigenvalue weighted by molar-refractivity contribution is 6.32. The lowest BCUT2D eigenvalue weighted by Gasteiger charge is -2.11. The van der Waals surface area contributed by atoms with Gasteiger partial charge < -0.3 is 9.47 Å². The number of alkyl halides is 3. The van der Waals surface area contributed by atoms with E-state index in [1.165, 1.54) is 12.1 Å². The fourth-order valence-electron chi connectivity index (χ4n) is 1.24. The normalized spacial score (nSPS) is 11.2. The van der Waals surface area contributed by atoms with Gasteiger partial charge in [0.25, 0.3) is 0 Å². The number of hydrogen-bond acceptors (Lipinski definition) is 3. The highest BCUT2D eigenvalue weighted by atomic mass is 35.5. The third-order valence-corrected chi connectivity index (χ3v) is 2.19. The molecule has 3 nitrogen and oxygen atoms in total. The maximum absolute atomic E-state index is 12.1. The lowest BCUT2D eigenvalue weighted by Crippen LogP contribution is -2.17. The fourth-order valence-corrected chi connectivity index (χ4v) is 1.40. The van der Waals surface area contributed by atoms with Gasteiger partial charge in [0, 0.05) is 0 Å². The Morgan fingerprint density at radius 3 is 2.61 bits per heavy atom. The third-order valence-electron chi connectivity index (χ3n) is 1.88. The lowest BCUT2D eigenvalue weighted by molar-refractivity contribution is -0.274. The molecule has 0 saturated heterocycles. The molecule has 0 unspecified atom stereocenters. The van der Waals surface area contributed by atoms with E-state index in [-0.39, 0.29) is 18.1 Å². The molecule has 0 bridgehead atoms. The van der Waals surface area contributed by atoms with Crippen molar-refractivity contribution >= 4 is 17.6 Å². The van der Waals surface area contributed by atoms with Gasteiger partial charge in [-0.15, -0.1) is 13.2 Å². The quantitative estimate of drug-likeness (QED) is 0.795. The molecule has 0 radical (unpaired) electrons. The van der Waals surface area contributed by atoms with Gasteiger partial charge >= 0.3 is 12.3 Å². The van der Waals surface area contributed by atoms with Crippen LogP contribution in [0.3, 0.4) is 0 Å². The van der Waals surface area contributed by atoms with Crippen LogP contribution in [0, 0.1) is 0 Å². The summed E-state index contributed by atoms with van der Waals surface area (Å²) in [7, 11) is 0. The first-order chi connectivity index (χ1) is 8.31. The fraction of sp³-hybridized carbons (Fsp3) is 0.364. The van der Waals surface area contributed by atoms with Crippen molar-refractivity contribution < 1.29 is 27.4 Å². The van der Waals surface area contributed by atoms with Gasteiger partial charge in [0.2, 0.25) is 0 Å². The Balaban J connectivity index is 2.84. The van der Waals surface area contributed by atoms with Crippen LogP contribution in [-0.2, 0) is 16.0 Å². The van der Waals surface area contributed by atoms with Gasteiger partial charge in [-0.1, -0.05) is 17.7 Å². The summed E-state index contributed by atoms with van der Waals surface area (Å²) in [5, 5.41) is -0.181. The zero-order valence-corrected chi connectivity index (χ0v) is 10.1. The van der Waals surface area contributed by atoms with E-state index in [0.717, 1.165) is 6.07 Å². The van der Waals surface area contributed by atoms with Crippen molar-refractivity contribution in [3.8, 4) is 5.75 Å². The Kier molecular flexibility index (Phi) is 4.84. The largest absolute Gasteiger partial charge is 0.573 e. The van der Waals surface area contributed by atoms with Gasteiger partial charge in [-0.2, -0.15) is 0 Å². The Bertz CT molecular complexity index is 432. The third kappa shape index (κ3) is 4.83. The first kappa shape index (κ1) is 14.6. The molecule has 1 rings (SSSR count). The van der Waals surface area contributed by atoms with Crippen LogP contribution in [-0.4, -0.2) is 18.9 Å². The molecule has 7 heteroatoms. The highest BCUT2D eigenvalue weighted by Crippen LogP contribution is 2.31. The van der Waals surface area contributed by atoms with E-state index in [4.69, 9.17) is 11.6 Å². The predicted octanol–water partition coefficient (Wildman–Crippen LogP) is 3.34. The van der Waals surface area contributed by atoms with Crippen LogP contribution in [0.25, 0.3) is 0 Å². The summed E-state index contributed by atoms with van der Waals surface area (Å²) in [5.74, 6) is -1.07. The van der Waals surface area contributed by atoms with Crippen molar-refractivity contribution in [2.45, 2.75) is 19.7 Å². The van der Waals surface area contributed by atoms with Crippen molar-refractivity contribution in [1.29, 1.82) is 0 Å². The van der Waals surface area contributed by atoms with Crippen LogP contribution in [0.5, 0.6) is 5.75 Å². The Hall–Kier alpha value is -1.43. The molecule has 1 aromatic carbocycles. The topological polar surface area (TPSA) is 35.5 Å². The summed E-state index contributed by atoms with van der Waals surface area (Å²) in [6.07, 6.45) is -4.97.